The average molecular weight is 442 g/mol. The molecule has 0 saturated heterocycles. The van der Waals surface area contributed by atoms with Crippen LogP contribution in [0.15, 0.2) is 26.3 Å². The third-order valence-electron chi connectivity index (χ3n) is 3.13. The first kappa shape index (κ1) is 19.9. The van der Waals surface area contributed by atoms with Gasteiger partial charge in [-0.05, 0) is 54.4 Å². The maximum atomic E-state index is 12.2. The Balaban J connectivity index is 2.15. The van der Waals surface area contributed by atoms with Crippen molar-refractivity contribution in [2.45, 2.75) is 20.8 Å². The van der Waals surface area contributed by atoms with Crippen LogP contribution in [0.3, 0.4) is 0 Å². The fourth-order valence-corrected chi connectivity index (χ4v) is 3.47. The highest BCUT2D eigenvalue weighted by Crippen LogP contribution is 2.34. The zero-order valence-electron chi connectivity index (χ0n) is 14.2. The molecule has 0 aliphatic carbocycles. The first-order chi connectivity index (χ1) is 12.3. The number of thiophene rings is 1. The Hall–Kier alpha value is -2.46. The van der Waals surface area contributed by atoms with Gasteiger partial charge in [-0.1, -0.05) is 0 Å². The maximum absolute atomic E-state index is 12.2. The van der Waals surface area contributed by atoms with E-state index in [0.717, 1.165) is 11.3 Å². The van der Waals surface area contributed by atoms with Gasteiger partial charge in [-0.3, -0.25) is 10.1 Å². The lowest BCUT2D eigenvalue weighted by atomic mass is 10.1. The Morgan fingerprint density at radius 2 is 2.12 bits per heavy atom. The van der Waals surface area contributed by atoms with Gasteiger partial charge in [0.1, 0.15) is 10.8 Å². The standard InChI is InChI=1S/C16H16BrN3O5S/c1-4-24-15(22)12-8(2)13(9(3)21)26-14(12)19-16(23)20-18-7-10-5-6-11(17)25-10/h5-7H,4H2,1-3H3,(H2,19,20,23). The molecule has 2 aromatic rings. The molecule has 10 heteroatoms. The zero-order chi connectivity index (χ0) is 19.3. The molecule has 0 spiro atoms. The Morgan fingerprint density at radius 3 is 2.69 bits per heavy atom. The number of nitrogens with one attached hydrogen (secondary N) is 2. The van der Waals surface area contributed by atoms with Crippen molar-refractivity contribution in [3.63, 3.8) is 0 Å². The number of halogens is 1. The highest BCUT2D eigenvalue weighted by Gasteiger charge is 2.25. The van der Waals surface area contributed by atoms with Crippen LogP contribution < -0.4 is 10.7 Å². The summed E-state index contributed by atoms with van der Waals surface area (Å²) in [6.07, 6.45) is 1.32. The molecule has 0 bridgehead atoms. The summed E-state index contributed by atoms with van der Waals surface area (Å²) in [6, 6.07) is 2.67. The number of rotatable bonds is 6. The van der Waals surface area contributed by atoms with E-state index >= 15 is 0 Å². The summed E-state index contributed by atoms with van der Waals surface area (Å²) in [5, 5.41) is 6.49. The largest absolute Gasteiger partial charge is 0.462 e. The van der Waals surface area contributed by atoms with Crippen LogP contribution in [0.4, 0.5) is 9.80 Å². The maximum Gasteiger partial charge on any atom is 0.341 e. The number of hydrazone groups is 1. The van der Waals surface area contributed by atoms with E-state index in [-0.39, 0.29) is 23.0 Å². The van der Waals surface area contributed by atoms with Gasteiger partial charge < -0.3 is 9.15 Å². The number of ether oxygens (including phenoxy) is 1. The highest BCUT2D eigenvalue weighted by molar-refractivity contribution is 9.10. The fraction of sp³-hybridized carbons (Fsp3) is 0.250. The molecule has 0 aliphatic rings. The van der Waals surface area contributed by atoms with Gasteiger partial charge >= 0.3 is 12.0 Å². The van der Waals surface area contributed by atoms with E-state index in [9.17, 15) is 14.4 Å². The van der Waals surface area contributed by atoms with Gasteiger partial charge in [-0.25, -0.2) is 15.0 Å². The Kier molecular flexibility index (Phi) is 6.70. The van der Waals surface area contributed by atoms with Crippen LogP contribution >= 0.6 is 27.3 Å². The summed E-state index contributed by atoms with van der Waals surface area (Å²) in [6.45, 7) is 4.88. The normalized spacial score (nSPS) is 10.8. The Morgan fingerprint density at radius 1 is 1.38 bits per heavy atom. The van der Waals surface area contributed by atoms with Gasteiger partial charge in [-0.2, -0.15) is 5.10 Å². The van der Waals surface area contributed by atoms with Crippen molar-refractivity contribution in [1.82, 2.24) is 5.43 Å². The van der Waals surface area contributed by atoms with Crippen molar-refractivity contribution in [1.29, 1.82) is 0 Å². The van der Waals surface area contributed by atoms with Crippen LogP contribution in [0.1, 0.15) is 45.2 Å². The number of amides is 2. The number of hydrogen-bond donors (Lipinski definition) is 2. The van der Waals surface area contributed by atoms with E-state index < -0.39 is 12.0 Å². The molecule has 0 unspecified atom stereocenters. The van der Waals surface area contributed by atoms with Crippen molar-refractivity contribution < 1.29 is 23.5 Å². The number of carbonyl (C=O) groups is 3. The molecule has 0 aromatic carbocycles. The summed E-state index contributed by atoms with van der Waals surface area (Å²) >= 11 is 4.17. The van der Waals surface area contributed by atoms with E-state index in [1.165, 1.54) is 13.1 Å². The lowest BCUT2D eigenvalue weighted by Gasteiger charge is -2.06. The summed E-state index contributed by atoms with van der Waals surface area (Å²) in [5.41, 5.74) is 2.89. The molecule has 2 heterocycles. The van der Waals surface area contributed by atoms with Crippen molar-refractivity contribution in [3.8, 4) is 0 Å². The molecule has 2 rings (SSSR count). The fourth-order valence-electron chi connectivity index (χ4n) is 2.07. The van der Waals surface area contributed by atoms with E-state index in [4.69, 9.17) is 9.15 Å². The van der Waals surface area contributed by atoms with Crippen molar-refractivity contribution in [2.24, 2.45) is 5.10 Å². The lowest BCUT2D eigenvalue weighted by molar-refractivity contribution is 0.0527. The summed E-state index contributed by atoms with van der Waals surface area (Å²) < 4.78 is 10.7. The van der Waals surface area contributed by atoms with Crippen LogP contribution in [0, 0.1) is 6.92 Å². The molecule has 2 N–H and O–H groups in total. The quantitative estimate of drug-likeness (QED) is 0.305. The molecule has 2 aromatic heterocycles. The van der Waals surface area contributed by atoms with E-state index in [2.05, 4.69) is 31.8 Å². The van der Waals surface area contributed by atoms with E-state index in [0.29, 0.717) is 20.9 Å². The number of hydrogen-bond acceptors (Lipinski definition) is 7. The van der Waals surface area contributed by atoms with Crippen LogP contribution in [0.5, 0.6) is 0 Å². The first-order valence-corrected chi connectivity index (χ1v) is 9.11. The number of anilines is 1. The smallest absolute Gasteiger partial charge is 0.341 e. The summed E-state index contributed by atoms with van der Waals surface area (Å²) in [5.74, 6) is -0.365. The van der Waals surface area contributed by atoms with Crippen molar-refractivity contribution in [2.75, 3.05) is 11.9 Å². The van der Waals surface area contributed by atoms with Gasteiger partial charge in [0.25, 0.3) is 0 Å². The zero-order valence-corrected chi connectivity index (χ0v) is 16.6. The number of nitrogens with zero attached hydrogens (tertiary/aromatic N) is 1. The van der Waals surface area contributed by atoms with Crippen LogP contribution in [0.25, 0.3) is 0 Å². The molecule has 0 aliphatic heterocycles. The first-order valence-electron chi connectivity index (χ1n) is 7.50. The number of Topliss-reactive ketones (excluding diaryl/α,β-unsaturated/α-hetero) is 1. The topological polar surface area (TPSA) is 110 Å². The second-order valence-corrected chi connectivity index (χ2v) is 6.81. The Bertz CT molecular complexity index is 871. The highest BCUT2D eigenvalue weighted by atomic mass is 79.9. The number of esters is 1. The molecule has 26 heavy (non-hydrogen) atoms. The van der Waals surface area contributed by atoms with Gasteiger partial charge in [0, 0.05) is 0 Å². The molecule has 0 atom stereocenters. The molecular formula is C16H16BrN3O5S. The van der Waals surface area contributed by atoms with Gasteiger partial charge in [-0.15, -0.1) is 11.3 Å². The van der Waals surface area contributed by atoms with Gasteiger partial charge in [0.2, 0.25) is 0 Å². The number of urea groups is 1. The predicted molar refractivity (Wildman–Crippen MR) is 101 cm³/mol. The summed E-state index contributed by atoms with van der Waals surface area (Å²) in [4.78, 5) is 36.3. The van der Waals surface area contributed by atoms with E-state index in [1.54, 1.807) is 26.0 Å². The molecule has 2 amide bonds. The average Bonchev–Trinajstić information content (AvgIpc) is 3.11. The monoisotopic (exact) mass is 441 g/mol. The SMILES string of the molecule is CCOC(=O)c1c(NC(=O)NN=Cc2ccc(Br)o2)sc(C(C)=O)c1C. The third kappa shape index (κ3) is 4.79. The predicted octanol–water partition coefficient (Wildman–Crippen LogP) is 3.95. The molecule has 0 fully saturated rings. The molecule has 0 radical (unpaired) electrons. The van der Waals surface area contributed by atoms with Crippen molar-refractivity contribution in [3.05, 3.63) is 38.6 Å². The van der Waals surface area contributed by atoms with Crippen LogP contribution in [-0.2, 0) is 4.74 Å². The second kappa shape index (κ2) is 8.77. The molecule has 0 saturated carbocycles. The second-order valence-electron chi connectivity index (χ2n) is 5.00. The van der Waals surface area contributed by atoms with Crippen LogP contribution in [0.2, 0.25) is 0 Å². The Labute approximate surface area is 161 Å². The third-order valence-corrected chi connectivity index (χ3v) is 4.86. The van der Waals surface area contributed by atoms with Gasteiger partial charge in [0.15, 0.2) is 10.5 Å². The molecule has 8 nitrogen and oxygen atoms in total. The lowest BCUT2D eigenvalue weighted by Crippen LogP contribution is -2.24. The minimum atomic E-state index is -0.672. The minimum absolute atomic E-state index is 0.163. The number of ketones is 1. The minimum Gasteiger partial charge on any atom is -0.462 e. The molecular weight excluding hydrogens is 426 g/mol. The number of carbonyl (C=O) groups excluding carboxylic acids is 3. The van der Waals surface area contributed by atoms with Crippen LogP contribution in [-0.4, -0.2) is 30.6 Å². The van der Waals surface area contributed by atoms with Gasteiger partial charge in [0.05, 0.1) is 23.3 Å². The van der Waals surface area contributed by atoms with Crippen molar-refractivity contribution >= 4 is 56.3 Å². The van der Waals surface area contributed by atoms with E-state index in [1.807, 2.05) is 0 Å². The summed E-state index contributed by atoms with van der Waals surface area (Å²) in [7, 11) is 0. The number of furan rings is 1. The molecule has 138 valence electrons.